The van der Waals surface area contributed by atoms with Crippen LogP contribution in [0.15, 0.2) is 17.5 Å². The Morgan fingerprint density at radius 2 is 2.00 bits per heavy atom. The lowest BCUT2D eigenvalue weighted by molar-refractivity contribution is -0.142. The monoisotopic (exact) mass is 342 g/mol. The third-order valence-electron chi connectivity index (χ3n) is 3.21. The van der Waals surface area contributed by atoms with Crippen LogP contribution >= 0.6 is 11.3 Å². The second-order valence-electron chi connectivity index (χ2n) is 5.35. The lowest BCUT2D eigenvalue weighted by atomic mass is 10.0. The first kappa shape index (κ1) is 19.1. The van der Waals surface area contributed by atoms with E-state index in [0.29, 0.717) is 4.88 Å². The first-order valence-electron chi connectivity index (χ1n) is 7.23. The number of carboxylic acid groups (broad SMARTS) is 1. The van der Waals surface area contributed by atoms with Crippen molar-refractivity contribution < 1.29 is 24.2 Å². The molecule has 0 aliphatic heterocycles. The van der Waals surface area contributed by atoms with Crippen molar-refractivity contribution in [1.82, 2.24) is 10.6 Å². The van der Waals surface area contributed by atoms with Gasteiger partial charge in [0.25, 0.3) is 5.91 Å². The molecule has 0 saturated heterocycles. The van der Waals surface area contributed by atoms with Crippen molar-refractivity contribution in [2.75, 3.05) is 13.7 Å². The predicted octanol–water partition coefficient (Wildman–Crippen LogP) is 1.11. The number of hydrogen-bond acceptors (Lipinski definition) is 5. The predicted molar refractivity (Wildman–Crippen MR) is 86.5 cm³/mol. The summed E-state index contributed by atoms with van der Waals surface area (Å²) in [6.07, 6.45) is 0.154. The molecule has 0 fully saturated rings. The molecule has 2 amide bonds. The Morgan fingerprint density at radius 3 is 2.48 bits per heavy atom. The van der Waals surface area contributed by atoms with Gasteiger partial charge in [0.15, 0.2) is 0 Å². The summed E-state index contributed by atoms with van der Waals surface area (Å²) in [4.78, 5) is 36.1. The van der Waals surface area contributed by atoms with Crippen molar-refractivity contribution in [3.63, 3.8) is 0 Å². The first-order chi connectivity index (χ1) is 10.9. The van der Waals surface area contributed by atoms with Crippen LogP contribution in [0.1, 0.15) is 29.9 Å². The number of methoxy groups -OCH3 is 1. The standard InChI is InChI=1S/C15H22N2O5S/c1-9(2)12(17-13(18)11-5-4-8-23-11)14(19)16-10(15(20)21)6-7-22-3/h4-5,8-10,12H,6-7H2,1-3H3,(H,16,19)(H,17,18)(H,20,21). The minimum Gasteiger partial charge on any atom is -0.480 e. The summed E-state index contributed by atoms with van der Waals surface area (Å²) in [7, 11) is 1.46. The molecule has 0 aliphatic rings. The van der Waals surface area contributed by atoms with E-state index in [0.717, 1.165) is 0 Å². The maximum atomic E-state index is 12.3. The SMILES string of the molecule is COCCC(NC(=O)C(NC(=O)c1cccs1)C(C)C)C(=O)O. The molecule has 1 aromatic heterocycles. The van der Waals surface area contributed by atoms with Crippen molar-refractivity contribution >= 4 is 29.1 Å². The van der Waals surface area contributed by atoms with E-state index in [-0.39, 0.29) is 24.9 Å². The van der Waals surface area contributed by atoms with Crippen molar-refractivity contribution in [3.05, 3.63) is 22.4 Å². The summed E-state index contributed by atoms with van der Waals surface area (Å²) < 4.78 is 4.84. The Labute approximate surface area is 139 Å². The van der Waals surface area contributed by atoms with Crippen LogP contribution in [0.2, 0.25) is 0 Å². The van der Waals surface area contributed by atoms with Gasteiger partial charge in [-0.2, -0.15) is 0 Å². The summed E-state index contributed by atoms with van der Waals surface area (Å²) in [6, 6.07) is 1.54. The number of nitrogens with one attached hydrogen (secondary N) is 2. The molecular formula is C15H22N2O5S. The van der Waals surface area contributed by atoms with Gasteiger partial charge in [0, 0.05) is 20.1 Å². The maximum absolute atomic E-state index is 12.3. The molecule has 8 heteroatoms. The number of thiophene rings is 1. The Kier molecular flexibility index (Phi) is 7.70. The quantitative estimate of drug-likeness (QED) is 0.623. The Balaban J connectivity index is 2.73. The smallest absolute Gasteiger partial charge is 0.326 e. The van der Waals surface area contributed by atoms with Gasteiger partial charge in [-0.25, -0.2) is 4.79 Å². The van der Waals surface area contributed by atoms with Crippen LogP contribution in [0.5, 0.6) is 0 Å². The zero-order chi connectivity index (χ0) is 17.4. The minimum absolute atomic E-state index is 0.154. The Morgan fingerprint density at radius 1 is 1.30 bits per heavy atom. The van der Waals surface area contributed by atoms with Gasteiger partial charge in [0.1, 0.15) is 12.1 Å². The number of carbonyl (C=O) groups is 3. The molecular weight excluding hydrogens is 320 g/mol. The van der Waals surface area contributed by atoms with Crippen LogP contribution in [-0.2, 0) is 14.3 Å². The number of amides is 2. The minimum atomic E-state index is -1.14. The van der Waals surface area contributed by atoms with Crippen molar-refractivity contribution in [1.29, 1.82) is 0 Å². The summed E-state index contributed by atoms with van der Waals surface area (Å²) in [6.45, 7) is 3.78. The normalized spacial score (nSPS) is 13.4. The number of carbonyl (C=O) groups excluding carboxylic acids is 2. The average molecular weight is 342 g/mol. The van der Waals surface area contributed by atoms with E-state index < -0.39 is 24.0 Å². The second-order valence-corrected chi connectivity index (χ2v) is 6.30. The molecule has 2 unspecified atom stereocenters. The first-order valence-corrected chi connectivity index (χ1v) is 8.11. The maximum Gasteiger partial charge on any atom is 0.326 e. The fraction of sp³-hybridized carbons (Fsp3) is 0.533. The lowest BCUT2D eigenvalue weighted by Gasteiger charge is -2.23. The molecule has 0 saturated carbocycles. The Hall–Kier alpha value is -1.93. The van der Waals surface area contributed by atoms with Crippen molar-refractivity contribution in [2.45, 2.75) is 32.4 Å². The molecule has 0 spiro atoms. The molecule has 7 nitrogen and oxygen atoms in total. The highest BCUT2D eigenvalue weighted by atomic mass is 32.1. The van der Waals surface area contributed by atoms with Gasteiger partial charge in [-0.15, -0.1) is 11.3 Å². The van der Waals surface area contributed by atoms with Crippen molar-refractivity contribution in [2.24, 2.45) is 5.92 Å². The fourth-order valence-corrected chi connectivity index (χ4v) is 2.54. The van der Waals surface area contributed by atoms with Gasteiger partial charge < -0.3 is 20.5 Å². The van der Waals surface area contributed by atoms with Crippen molar-refractivity contribution in [3.8, 4) is 0 Å². The summed E-state index contributed by atoms with van der Waals surface area (Å²) >= 11 is 1.27. The van der Waals surface area contributed by atoms with Gasteiger partial charge in [0.05, 0.1) is 4.88 Å². The van der Waals surface area contributed by atoms with E-state index in [9.17, 15) is 14.4 Å². The van der Waals surface area contributed by atoms with E-state index in [1.165, 1.54) is 18.4 Å². The highest BCUT2D eigenvalue weighted by molar-refractivity contribution is 7.12. The molecule has 1 heterocycles. The van der Waals surface area contributed by atoms with E-state index in [2.05, 4.69) is 10.6 Å². The largest absolute Gasteiger partial charge is 0.480 e. The molecule has 128 valence electrons. The average Bonchev–Trinajstić information content (AvgIpc) is 3.02. The van der Waals surface area contributed by atoms with Crippen LogP contribution in [0.3, 0.4) is 0 Å². The molecule has 0 aliphatic carbocycles. The molecule has 0 aromatic carbocycles. The molecule has 23 heavy (non-hydrogen) atoms. The molecule has 0 radical (unpaired) electrons. The zero-order valence-electron chi connectivity index (χ0n) is 13.4. The number of rotatable bonds is 9. The van der Waals surface area contributed by atoms with E-state index in [4.69, 9.17) is 9.84 Å². The summed E-state index contributed by atoms with van der Waals surface area (Å²) in [5.41, 5.74) is 0. The van der Waals surface area contributed by atoms with E-state index >= 15 is 0 Å². The molecule has 1 aromatic rings. The van der Waals surface area contributed by atoms with Crippen LogP contribution in [-0.4, -0.2) is 48.7 Å². The summed E-state index contributed by atoms with van der Waals surface area (Å²) in [5.74, 6) is -2.19. The van der Waals surface area contributed by atoms with E-state index in [1.54, 1.807) is 31.4 Å². The second kappa shape index (κ2) is 9.26. The van der Waals surface area contributed by atoms with Crippen LogP contribution in [0.4, 0.5) is 0 Å². The molecule has 0 bridgehead atoms. The zero-order valence-corrected chi connectivity index (χ0v) is 14.2. The third kappa shape index (κ3) is 5.99. The molecule has 3 N–H and O–H groups in total. The third-order valence-corrected chi connectivity index (χ3v) is 4.07. The van der Waals surface area contributed by atoms with Gasteiger partial charge >= 0.3 is 5.97 Å². The number of hydrogen-bond donors (Lipinski definition) is 3. The number of aliphatic carboxylic acids is 1. The number of ether oxygens (including phenoxy) is 1. The highest BCUT2D eigenvalue weighted by Crippen LogP contribution is 2.10. The Bertz CT molecular complexity index is 530. The van der Waals surface area contributed by atoms with Gasteiger partial charge in [0.2, 0.25) is 5.91 Å². The van der Waals surface area contributed by atoms with Crippen LogP contribution in [0, 0.1) is 5.92 Å². The lowest BCUT2D eigenvalue weighted by Crippen LogP contribution is -2.53. The summed E-state index contributed by atoms with van der Waals surface area (Å²) in [5, 5.41) is 16.0. The van der Waals surface area contributed by atoms with E-state index in [1.807, 2.05) is 0 Å². The topological polar surface area (TPSA) is 105 Å². The number of carboxylic acids is 1. The molecule has 2 atom stereocenters. The van der Waals surface area contributed by atoms with Gasteiger partial charge in [-0.1, -0.05) is 19.9 Å². The van der Waals surface area contributed by atoms with Gasteiger partial charge in [-0.05, 0) is 17.4 Å². The molecule has 1 rings (SSSR count). The highest BCUT2D eigenvalue weighted by Gasteiger charge is 2.28. The van der Waals surface area contributed by atoms with Gasteiger partial charge in [-0.3, -0.25) is 9.59 Å². The van der Waals surface area contributed by atoms with Crippen LogP contribution < -0.4 is 10.6 Å². The van der Waals surface area contributed by atoms with Crippen LogP contribution in [0.25, 0.3) is 0 Å². The fourth-order valence-electron chi connectivity index (χ4n) is 1.91.